The van der Waals surface area contributed by atoms with Crippen LogP contribution in [0.2, 0.25) is 0 Å². The molecule has 0 radical (unpaired) electrons. The summed E-state index contributed by atoms with van der Waals surface area (Å²) in [6.07, 6.45) is 0. The Morgan fingerprint density at radius 1 is 1.33 bits per heavy atom. The Kier molecular flexibility index (Phi) is 4.06. The molecule has 0 aromatic heterocycles. The van der Waals surface area contributed by atoms with Gasteiger partial charge in [0.25, 0.3) is 5.92 Å². The number of nitrogens with zero attached hydrogens (tertiary/aromatic N) is 1. The SMILES string of the molecule is C[C@H](N=C1NC(=O)C(C)(C(C)(F)F)S1)c1ccc(F)cc1. The van der Waals surface area contributed by atoms with Gasteiger partial charge < -0.3 is 5.32 Å². The Hall–Kier alpha value is -1.50. The molecular formula is C14H15F3N2OS. The third-order valence-corrected chi connectivity index (χ3v) is 4.81. The number of carbonyl (C=O) groups is 1. The standard InChI is InChI=1S/C14H15F3N2OS/c1-8(9-4-6-10(15)7-5-9)18-12-19-11(20)13(2,21-12)14(3,16)17/h4-8H,1-3H3,(H,18,19,20)/t8-,13?/m0/s1. The number of aliphatic imine (C=N–C) groups is 1. The molecule has 1 unspecified atom stereocenters. The van der Waals surface area contributed by atoms with Crippen LogP contribution < -0.4 is 5.32 Å². The van der Waals surface area contributed by atoms with Crippen molar-refractivity contribution in [3.05, 3.63) is 35.6 Å². The lowest BCUT2D eigenvalue weighted by molar-refractivity contribution is -0.129. The van der Waals surface area contributed by atoms with Crippen molar-refractivity contribution in [1.29, 1.82) is 0 Å². The number of benzene rings is 1. The topological polar surface area (TPSA) is 41.5 Å². The van der Waals surface area contributed by atoms with E-state index in [2.05, 4.69) is 10.3 Å². The molecule has 2 rings (SSSR count). The summed E-state index contributed by atoms with van der Waals surface area (Å²) in [6, 6.07) is 5.37. The van der Waals surface area contributed by atoms with Gasteiger partial charge in [-0.15, -0.1) is 0 Å². The zero-order valence-electron chi connectivity index (χ0n) is 11.8. The highest BCUT2D eigenvalue weighted by atomic mass is 32.2. The van der Waals surface area contributed by atoms with E-state index in [0.717, 1.165) is 17.3 Å². The van der Waals surface area contributed by atoms with E-state index in [1.165, 1.54) is 19.1 Å². The fourth-order valence-corrected chi connectivity index (χ4v) is 2.89. The molecule has 1 aliphatic heterocycles. The van der Waals surface area contributed by atoms with E-state index in [0.29, 0.717) is 6.92 Å². The minimum absolute atomic E-state index is 0.154. The van der Waals surface area contributed by atoms with E-state index < -0.39 is 16.6 Å². The predicted octanol–water partition coefficient (Wildman–Crippen LogP) is 3.52. The number of alkyl halides is 2. The summed E-state index contributed by atoms with van der Waals surface area (Å²) >= 11 is 0.719. The minimum Gasteiger partial charge on any atom is -0.304 e. The number of amides is 1. The second-order valence-corrected chi connectivity index (χ2v) is 6.55. The van der Waals surface area contributed by atoms with Crippen molar-refractivity contribution in [2.45, 2.75) is 37.5 Å². The lowest BCUT2D eigenvalue weighted by atomic mass is 10.0. The van der Waals surface area contributed by atoms with Gasteiger partial charge in [-0.1, -0.05) is 23.9 Å². The van der Waals surface area contributed by atoms with Crippen LogP contribution in [-0.2, 0) is 4.79 Å². The lowest BCUT2D eigenvalue weighted by Crippen LogP contribution is -2.47. The number of rotatable bonds is 3. The Morgan fingerprint density at radius 3 is 2.38 bits per heavy atom. The van der Waals surface area contributed by atoms with Gasteiger partial charge in [-0.25, -0.2) is 13.2 Å². The van der Waals surface area contributed by atoms with Gasteiger partial charge in [-0.05, 0) is 31.5 Å². The Labute approximate surface area is 125 Å². The molecule has 1 N–H and O–H groups in total. The number of hydrogen-bond acceptors (Lipinski definition) is 3. The van der Waals surface area contributed by atoms with E-state index in [4.69, 9.17) is 0 Å². The average molecular weight is 316 g/mol. The first-order valence-electron chi connectivity index (χ1n) is 6.35. The number of nitrogens with one attached hydrogen (secondary N) is 1. The first-order valence-corrected chi connectivity index (χ1v) is 7.17. The Balaban J connectivity index is 2.20. The average Bonchev–Trinajstić information content (AvgIpc) is 2.66. The molecule has 1 aromatic carbocycles. The molecule has 1 aliphatic rings. The fraction of sp³-hybridized carbons (Fsp3) is 0.429. The molecule has 1 aromatic rings. The molecule has 1 heterocycles. The van der Waals surface area contributed by atoms with Crippen LogP contribution in [0, 0.1) is 5.82 Å². The van der Waals surface area contributed by atoms with Crippen molar-refractivity contribution in [2.75, 3.05) is 0 Å². The van der Waals surface area contributed by atoms with Gasteiger partial charge in [-0.2, -0.15) is 0 Å². The molecule has 0 bridgehead atoms. The van der Waals surface area contributed by atoms with Crippen molar-refractivity contribution in [1.82, 2.24) is 5.32 Å². The van der Waals surface area contributed by atoms with Gasteiger partial charge in [0.2, 0.25) is 5.91 Å². The summed E-state index contributed by atoms with van der Waals surface area (Å²) in [5, 5.41) is 2.54. The van der Waals surface area contributed by atoms with Crippen molar-refractivity contribution < 1.29 is 18.0 Å². The molecule has 3 nitrogen and oxygen atoms in total. The largest absolute Gasteiger partial charge is 0.304 e. The van der Waals surface area contributed by atoms with Crippen molar-refractivity contribution >= 4 is 22.8 Å². The molecular weight excluding hydrogens is 301 g/mol. The molecule has 0 saturated carbocycles. The maximum Gasteiger partial charge on any atom is 0.268 e. The number of thioether (sulfide) groups is 1. The fourth-order valence-electron chi connectivity index (χ4n) is 1.82. The Morgan fingerprint density at radius 2 is 1.90 bits per heavy atom. The number of halogens is 3. The number of hydrogen-bond donors (Lipinski definition) is 1. The van der Waals surface area contributed by atoms with Gasteiger partial charge >= 0.3 is 0 Å². The third-order valence-electron chi connectivity index (χ3n) is 3.46. The molecule has 7 heteroatoms. The van der Waals surface area contributed by atoms with Crippen molar-refractivity contribution in [2.24, 2.45) is 4.99 Å². The number of carbonyl (C=O) groups excluding carboxylic acids is 1. The van der Waals surface area contributed by atoms with Crippen LogP contribution in [0.5, 0.6) is 0 Å². The van der Waals surface area contributed by atoms with Crippen LogP contribution in [0.15, 0.2) is 29.3 Å². The quantitative estimate of drug-likeness (QED) is 0.927. The molecule has 0 aliphatic carbocycles. The summed E-state index contributed by atoms with van der Waals surface area (Å²) in [6.45, 7) is 3.65. The van der Waals surface area contributed by atoms with E-state index in [1.54, 1.807) is 19.1 Å². The monoisotopic (exact) mass is 316 g/mol. The van der Waals surface area contributed by atoms with Crippen molar-refractivity contribution in [3.63, 3.8) is 0 Å². The summed E-state index contributed by atoms with van der Waals surface area (Å²) in [7, 11) is 0. The van der Waals surface area contributed by atoms with Crippen LogP contribution in [-0.4, -0.2) is 21.7 Å². The number of amidine groups is 1. The first kappa shape index (κ1) is 15.9. The van der Waals surface area contributed by atoms with Crippen molar-refractivity contribution in [3.8, 4) is 0 Å². The van der Waals surface area contributed by atoms with Crippen LogP contribution in [0.3, 0.4) is 0 Å². The maximum absolute atomic E-state index is 13.6. The molecule has 1 fully saturated rings. The smallest absolute Gasteiger partial charge is 0.268 e. The molecule has 1 amide bonds. The van der Waals surface area contributed by atoms with Gasteiger partial charge in [-0.3, -0.25) is 9.79 Å². The predicted molar refractivity (Wildman–Crippen MR) is 77.0 cm³/mol. The summed E-state index contributed by atoms with van der Waals surface area (Å²) in [5.74, 6) is -4.29. The summed E-state index contributed by atoms with van der Waals surface area (Å²) in [4.78, 5) is 16.0. The summed E-state index contributed by atoms with van der Waals surface area (Å²) < 4.78 is 38.1. The third kappa shape index (κ3) is 3.07. The molecule has 2 atom stereocenters. The van der Waals surface area contributed by atoms with Gasteiger partial charge in [0.05, 0.1) is 6.04 Å². The minimum atomic E-state index is -3.17. The first-order chi connectivity index (χ1) is 9.63. The van der Waals surface area contributed by atoms with Crippen LogP contribution >= 0.6 is 11.8 Å². The van der Waals surface area contributed by atoms with E-state index in [9.17, 15) is 18.0 Å². The normalized spacial score (nSPS) is 26.0. The highest BCUT2D eigenvalue weighted by molar-refractivity contribution is 8.16. The van der Waals surface area contributed by atoms with E-state index in [1.807, 2.05) is 0 Å². The van der Waals surface area contributed by atoms with Gasteiger partial charge in [0.1, 0.15) is 5.82 Å². The van der Waals surface area contributed by atoms with Crippen LogP contribution in [0.1, 0.15) is 32.4 Å². The van der Waals surface area contributed by atoms with E-state index >= 15 is 0 Å². The lowest BCUT2D eigenvalue weighted by Gasteiger charge is -2.25. The molecule has 1 saturated heterocycles. The second kappa shape index (κ2) is 5.36. The highest BCUT2D eigenvalue weighted by Crippen LogP contribution is 2.44. The maximum atomic E-state index is 13.6. The van der Waals surface area contributed by atoms with Gasteiger partial charge in [0.15, 0.2) is 9.91 Å². The molecule has 0 spiro atoms. The Bertz CT molecular complexity index is 583. The molecule has 21 heavy (non-hydrogen) atoms. The summed E-state index contributed by atoms with van der Waals surface area (Å²) in [5.41, 5.74) is 0.732. The second-order valence-electron chi connectivity index (χ2n) is 5.14. The van der Waals surface area contributed by atoms with Crippen LogP contribution in [0.4, 0.5) is 13.2 Å². The zero-order chi connectivity index (χ0) is 15.8. The van der Waals surface area contributed by atoms with Gasteiger partial charge in [0, 0.05) is 6.92 Å². The van der Waals surface area contributed by atoms with E-state index in [-0.39, 0.29) is 17.0 Å². The zero-order valence-corrected chi connectivity index (χ0v) is 12.6. The van der Waals surface area contributed by atoms with Crippen LogP contribution in [0.25, 0.3) is 0 Å². The molecule has 114 valence electrons. The highest BCUT2D eigenvalue weighted by Gasteiger charge is 2.57.